The van der Waals surface area contributed by atoms with E-state index in [0.717, 1.165) is 12.8 Å². The predicted molar refractivity (Wildman–Crippen MR) is 118 cm³/mol. The first kappa shape index (κ1) is 20.9. The van der Waals surface area contributed by atoms with E-state index in [1.165, 1.54) is 11.1 Å². The van der Waals surface area contributed by atoms with Crippen molar-refractivity contribution < 1.29 is 9.59 Å². The van der Waals surface area contributed by atoms with Crippen molar-refractivity contribution >= 4 is 24.2 Å². The third-order valence-electron chi connectivity index (χ3n) is 7.20. The van der Waals surface area contributed by atoms with Gasteiger partial charge in [-0.2, -0.15) is 0 Å². The van der Waals surface area contributed by atoms with Crippen LogP contribution in [0.2, 0.25) is 0 Å². The SMILES string of the molecule is Cl.NC(=O)C1CN([C@@H]2C[C@H]2c2ccccc2)C([C@@H]2C[C@H]2c2ccccc2)C1C(N)=O. The minimum atomic E-state index is -0.497. The second kappa shape index (κ2) is 8.05. The summed E-state index contributed by atoms with van der Waals surface area (Å²) < 4.78 is 0. The standard InChI is InChI=1S/C24H27N3O2.ClH/c25-23(28)19-13-27(20-12-17(20)15-9-5-2-6-10-15)22(21(19)24(26)29)18-11-16(18)14-7-3-1-4-8-14;/h1-10,16-22H,11-13H2,(H2,25,28)(H2,26,29);1H/t16-,17-,18+,19?,20+,21?,22?;/m0./s1. The average molecular weight is 426 g/mol. The molecule has 0 spiro atoms. The van der Waals surface area contributed by atoms with Crippen LogP contribution in [0.1, 0.15) is 35.8 Å². The maximum atomic E-state index is 12.4. The number of halogens is 1. The number of hydrogen-bond donors (Lipinski definition) is 2. The fourth-order valence-corrected chi connectivity index (χ4v) is 5.69. The summed E-state index contributed by atoms with van der Waals surface area (Å²) in [5.41, 5.74) is 14.2. The zero-order chi connectivity index (χ0) is 20.1. The van der Waals surface area contributed by atoms with Crippen molar-refractivity contribution in [2.45, 2.75) is 36.8 Å². The van der Waals surface area contributed by atoms with Crippen LogP contribution in [0.5, 0.6) is 0 Å². The second-order valence-electron chi connectivity index (χ2n) is 8.86. The molecule has 2 aromatic carbocycles. The average Bonchev–Trinajstić information content (AvgIpc) is 3.65. The highest BCUT2D eigenvalue weighted by molar-refractivity contribution is 5.87. The van der Waals surface area contributed by atoms with Gasteiger partial charge in [-0.1, -0.05) is 60.7 Å². The van der Waals surface area contributed by atoms with Crippen LogP contribution >= 0.6 is 12.4 Å². The lowest BCUT2D eigenvalue weighted by Gasteiger charge is -2.28. The molecule has 0 bridgehead atoms. The molecule has 1 aliphatic heterocycles. The number of benzene rings is 2. The second-order valence-corrected chi connectivity index (χ2v) is 8.86. The van der Waals surface area contributed by atoms with Gasteiger partial charge in [-0.25, -0.2) is 0 Å². The van der Waals surface area contributed by atoms with Crippen LogP contribution < -0.4 is 11.5 Å². The zero-order valence-electron chi connectivity index (χ0n) is 16.8. The van der Waals surface area contributed by atoms with Gasteiger partial charge in [-0.05, 0) is 35.8 Å². The number of nitrogens with two attached hydrogens (primary N) is 2. The Morgan fingerprint density at radius 2 is 1.37 bits per heavy atom. The molecule has 2 aromatic rings. The van der Waals surface area contributed by atoms with Gasteiger partial charge in [0.2, 0.25) is 11.8 Å². The fraction of sp³-hybridized carbons (Fsp3) is 0.417. The lowest BCUT2D eigenvalue weighted by atomic mass is 9.86. The van der Waals surface area contributed by atoms with Gasteiger partial charge < -0.3 is 11.5 Å². The van der Waals surface area contributed by atoms with E-state index in [4.69, 9.17) is 11.5 Å². The van der Waals surface area contributed by atoms with E-state index in [0.29, 0.717) is 30.3 Å². The number of rotatable bonds is 6. The molecule has 1 saturated heterocycles. The highest BCUT2D eigenvalue weighted by Crippen LogP contribution is 2.58. The van der Waals surface area contributed by atoms with Gasteiger partial charge >= 0.3 is 0 Å². The highest BCUT2D eigenvalue weighted by atomic mass is 35.5. The van der Waals surface area contributed by atoms with E-state index in [1.807, 2.05) is 12.1 Å². The molecular formula is C24H28ClN3O2. The highest BCUT2D eigenvalue weighted by Gasteiger charge is 2.61. The number of carbonyl (C=O) groups is 2. The number of carbonyl (C=O) groups excluding carboxylic acids is 2. The summed E-state index contributed by atoms with van der Waals surface area (Å²) in [5, 5.41) is 0. The Morgan fingerprint density at radius 1 is 0.800 bits per heavy atom. The van der Waals surface area contributed by atoms with Crippen molar-refractivity contribution in [3.05, 3.63) is 71.8 Å². The molecule has 7 atom stereocenters. The van der Waals surface area contributed by atoms with Crippen molar-refractivity contribution in [3.63, 3.8) is 0 Å². The molecule has 3 aliphatic rings. The van der Waals surface area contributed by atoms with Crippen molar-refractivity contribution in [2.24, 2.45) is 29.2 Å². The number of primary amides is 2. The van der Waals surface area contributed by atoms with Crippen molar-refractivity contribution in [1.82, 2.24) is 4.90 Å². The third kappa shape index (κ3) is 3.61. The van der Waals surface area contributed by atoms with E-state index >= 15 is 0 Å². The fourth-order valence-electron chi connectivity index (χ4n) is 5.69. The first-order valence-electron chi connectivity index (χ1n) is 10.5. The molecule has 3 unspecified atom stereocenters. The minimum absolute atomic E-state index is 0. The molecule has 5 nitrogen and oxygen atoms in total. The van der Waals surface area contributed by atoms with Crippen LogP contribution in [0.25, 0.3) is 0 Å². The lowest BCUT2D eigenvalue weighted by Crippen LogP contribution is -2.43. The number of likely N-dealkylation sites (tertiary alicyclic amines) is 1. The molecule has 5 rings (SSSR count). The Labute approximate surface area is 183 Å². The topological polar surface area (TPSA) is 89.4 Å². The first-order chi connectivity index (χ1) is 14.1. The molecule has 2 aliphatic carbocycles. The van der Waals surface area contributed by atoms with Gasteiger partial charge in [-0.3, -0.25) is 14.5 Å². The summed E-state index contributed by atoms with van der Waals surface area (Å²) in [7, 11) is 0. The van der Waals surface area contributed by atoms with E-state index in [2.05, 4.69) is 53.4 Å². The minimum Gasteiger partial charge on any atom is -0.369 e. The molecular weight excluding hydrogens is 398 g/mol. The number of hydrogen-bond acceptors (Lipinski definition) is 3. The monoisotopic (exact) mass is 425 g/mol. The molecule has 30 heavy (non-hydrogen) atoms. The summed E-state index contributed by atoms with van der Waals surface area (Å²) in [6.07, 6.45) is 2.09. The number of nitrogens with zero attached hydrogens (tertiary/aromatic N) is 1. The van der Waals surface area contributed by atoms with Crippen molar-refractivity contribution in [2.75, 3.05) is 6.54 Å². The van der Waals surface area contributed by atoms with Gasteiger partial charge in [0.05, 0.1) is 11.8 Å². The summed E-state index contributed by atoms with van der Waals surface area (Å²) in [4.78, 5) is 27.0. The van der Waals surface area contributed by atoms with E-state index in [9.17, 15) is 9.59 Å². The Hall–Kier alpha value is -2.37. The molecule has 4 N–H and O–H groups in total. The molecule has 2 saturated carbocycles. The van der Waals surface area contributed by atoms with Crippen LogP contribution in [0.3, 0.4) is 0 Å². The number of amides is 2. The van der Waals surface area contributed by atoms with Crippen molar-refractivity contribution in [1.29, 1.82) is 0 Å². The van der Waals surface area contributed by atoms with Gasteiger partial charge in [-0.15, -0.1) is 12.4 Å². The Bertz CT molecular complexity index is 923. The normalized spacial score (nSPS) is 34.7. The molecule has 0 radical (unpaired) electrons. The molecule has 0 aromatic heterocycles. The lowest BCUT2D eigenvalue weighted by molar-refractivity contribution is -0.130. The smallest absolute Gasteiger partial charge is 0.222 e. The first-order valence-corrected chi connectivity index (χ1v) is 10.5. The summed E-state index contributed by atoms with van der Waals surface area (Å²) in [6, 6.07) is 21.3. The maximum absolute atomic E-state index is 12.4. The third-order valence-corrected chi connectivity index (χ3v) is 7.20. The predicted octanol–water partition coefficient (Wildman–Crippen LogP) is 2.66. The molecule has 2 amide bonds. The molecule has 158 valence electrons. The quantitative estimate of drug-likeness (QED) is 0.745. The maximum Gasteiger partial charge on any atom is 0.222 e. The van der Waals surface area contributed by atoms with Gasteiger partial charge in [0, 0.05) is 24.5 Å². The summed E-state index contributed by atoms with van der Waals surface area (Å²) in [6.45, 7) is 0.541. The Balaban J connectivity index is 0.00000218. The van der Waals surface area contributed by atoms with Crippen LogP contribution in [-0.2, 0) is 9.59 Å². The van der Waals surface area contributed by atoms with Gasteiger partial charge in [0.15, 0.2) is 0 Å². The zero-order valence-corrected chi connectivity index (χ0v) is 17.6. The van der Waals surface area contributed by atoms with Gasteiger partial charge in [0.25, 0.3) is 0 Å². The largest absolute Gasteiger partial charge is 0.369 e. The Kier molecular flexibility index (Phi) is 5.60. The van der Waals surface area contributed by atoms with Crippen LogP contribution in [0.4, 0.5) is 0 Å². The summed E-state index contributed by atoms with van der Waals surface area (Å²) in [5.74, 6) is -0.572. The van der Waals surface area contributed by atoms with Crippen LogP contribution in [0, 0.1) is 17.8 Å². The van der Waals surface area contributed by atoms with E-state index in [-0.39, 0.29) is 18.4 Å². The summed E-state index contributed by atoms with van der Waals surface area (Å²) >= 11 is 0. The van der Waals surface area contributed by atoms with E-state index < -0.39 is 23.7 Å². The van der Waals surface area contributed by atoms with Crippen LogP contribution in [-0.4, -0.2) is 35.3 Å². The molecule has 6 heteroatoms. The van der Waals surface area contributed by atoms with E-state index in [1.54, 1.807) is 0 Å². The Morgan fingerprint density at radius 3 is 1.90 bits per heavy atom. The van der Waals surface area contributed by atoms with Crippen molar-refractivity contribution in [3.8, 4) is 0 Å². The van der Waals surface area contributed by atoms with Gasteiger partial charge in [0.1, 0.15) is 0 Å². The molecule has 3 fully saturated rings. The van der Waals surface area contributed by atoms with Crippen LogP contribution in [0.15, 0.2) is 60.7 Å². The molecule has 1 heterocycles.